The molecule has 9 atom stereocenters. The van der Waals surface area contributed by atoms with Crippen LogP contribution in [-0.2, 0) is 0 Å². The first-order valence-corrected chi connectivity index (χ1v) is 13.3. The number of allylic oxidation sites excluding steroid dienone is 3. The van der Waals surface area contributed by atoms with Gasteiger partial charge in [-0.3, -0.25) is 0 Å². The second-order valence-electron chi connectivity index (χ2n) is 12.4. The van der Waals surface area contributed by atoms with Crippen molar-refractivity contribution in [3.63, 3.8) is 0 Å². The Morgan fingerprint density at radius 1 is 1.03 bits per heavy atom. The van der Waals surface area contributed by atoms with Crippen molar-refractivity contribution in [1.82, 2.24) is 0 Å². The van der Waals surface area contributed by atoms with Gasteiger partial charge in [0.25, 0.3) is 0 Å². The molecular weight excluding hydrogens is 364 g/mol. The van der Waals surface area contributed by atoms with Gasteiger partial charge in [0.15, 0.2) is 0 Å². The molecule has 30 heavy (non-hydrogen) atoms. The zero-order valence-electron chi connectivity index (χ0n) is 20.7. The summed E-state index contributed by atoms with van der Waals surface area (Å²) in [5, 5.41) is 10.2. The Hall–Kier alpha value is -0.560. The Balaban J connectivity index is 1.52. The van der Waals surface area contributed by atoms with E-state index in [1.807, 2.05) is 0 Å². The molecule has 0 heterocycles. The summed E-state index contributed by atoms with van der Waals surface area (Å²) in [6, 6.07) is 0. The first-order valence-electron chi connectivity index (χ1n) is 13.3. The quantitative estimate of drug-likeness (QED) is 0.457. The van der Waals surface area contributed by atoms with Crippen molar-refractivity contribution in [3.05, 3.63) is 23.8 Å². The van der Waals surface area contributed by atoms with Crippen molar-refractivity contribution < 1.29 is 5.11 Å². The molecule has 4 aliphatic carbocycles. The maximum absolute atomic E-state index is 10.2. The molecule has 0 radical (unpaired) electrons. The van der Waals surface area contributed by atoms with Gasteiger partial charge in [-0.2, -0.15) is 0 Å². The van der Waals surface area contributed by atoms with Crippen LogP contribution in [0.4, 0.5) is 0 Å². The molecule has 3 saturated carbocycles. The van der Waals surface area contributed by atoms with Crippen molar-refractivity contribution in [2.24, 2.45) is 52.3 Å². The van der Waals surface area contributed by atoms with Gasteiger partial charge in [0.05, 0.1) is 6.10 Å². The Morgan fingerprint density at radius 2 is 1.80 bits per heavy atom. The Bertz CT molecular complexity index is 674. The summed E-state index contributed by atoms with van der Waals surface area (Å²) < 4.78 is 0. The van der Waals surface area contributed by atoms with Gasteiger partial charge in [-0.15, -0.1) is 0 Å². The molecule has 4 rings (SSSR count). The summed E-state index contributed by atoms with van der Waals surface area (Å²) in [5.74, 6) is 5.70. The van der Waals surface area contributed by atoms with E-state index in [0.717, 1.165) is 48.3 Å². The fraction of sp³-hybridized carbons (Fsp3) is 0.862. The first-order chi connectivity index (χ1) is 14.2. The van der Waals surface area contributed by atoms with Crippen LogP contribution in [0, 0.1) is 52.3 Å². The summed E-state index contributed by atoms with van der Waals surface area (Å²) in [6.07, 6.45) is 19.1. The second-order valence-corrected chi connectivity index (χ2v) is 12.4. The smallest absolute Gasteiger partial charge is 0.0577 e. The van der Waals surface area contributed by atoms with E-state index in [1.54, 1.807) is 5.57 Å². The van der Waals surface area contributed by atoms with E-state index >= 15 is 0 Å². The van der Waals surface area contributed by atoms with Crippen molar-refractivity contribution in [2.45, 2.75) is 105 Å². The number of fused-ring (bicyclic) bond motifs is 5. The minimum atomic E-state index is -0.0870. The standard InChI is InChI=1S/C29H48O/c1-7-21(19(2)3)9-8-20(4)25-12-13-26-24-11-10-22-18-23(30)14-16-28(22,5)27(24)15-17-29(25,26)6/h8-10,19-21,23-27,30H,7,11-18H2,1-6H3/b9-8+/t20-,21?,23-,24-,25+,26-,27-,28-,29+/m0/s1. The van der Waals surface area contributed by atoms with E-state index in [-0.39, 0.29) is 6.10 Å². The minimum absolute atomic E-state index is 0.0870. The van der Waals surface area contributed by atoms with Gasteiger partial charge in [0.1, 0.15) is 0 Å². The molecular formula is C29H48O. The van der Waals surface area contributed by atoms with E-state index in [4.69, 9.17) is 0 Å². The van der Waals surface area contributed by atoms with Crippen LogP contribution in [0.25, 0.3) is 0 Å². The lowest BCUT2D eigenvalue weighted by atomic mass is 9.47. The SMILES string of the molecule is CCC(/C=C/[C@H](C)[C@H]1CC[C@H]2[C@@H]3CC=C4C[C@@H](O)CC[C@]4(C)[C@H]3CC[C@]12C)C(C)C. The molecule has 1 N–H and O–H groups in total. The summed E-state index contributed by atoms with van der Waals surface area (Å²) in [4.78, 5) is 0. The van der Waals surface area contributed by atoms with Crippen LogP contribution in [0.2, 0.25) is 0 Å². The third kappa shape index (κ3) is 3.66. The zero-order chi connectivity index (χ0) is 21.7. The molecule has 0 aromatic heterocycles. The molecule has 1 heteroatoms. The molecule has 0 aliphatic heterocycles. The van der Waals surface area contributed by atoms with Gasteiger partial charge in [0, 0.05) is 0 Å². The first kappa shape index (κ1) is 22.6. The number of hydrogen-bond acceptors (Lipinski definition) is 1. The monoisotopic (exact) mass is 412 g/mol. The van der Waals surface area contributed by atoms with Gasteiger partial charge >= 0.3 is 0 Å². The predicted molar refractivity (Wildman–Crippen MR) is 128 cm³/mol. The van der Waals surface area contributed by atoms with Gasteiger partial charge in [-0.1, -0.05) is 65.3 Å². The van der Waals surface area contributed by atoms with Crippen LogP contribution in [0.3, 0.4) is 0 Å². The van der Waals surface area contributed by atoms with Crippen molar-refractivity contribution >= 4 is 0 Å². The fourth-order valence-corrected chi connectivity index (χ4v) is 8.83. The maximum atomic E-state index is 10.2. The highest BCUT2D eigenvalue weighted by molar-refractivity contribution is 5.25. The molecule has 3 fully saturated rings. The Morgan fingerprint density at radius 3 is 2.50 bits per heavy atom. The topological polar surface area (TPSA) is 20.2 Å². The highest BCUT2D eigenvalue weighted by atomic mass is 16.3. The largest absolute Gasteiger partial charge is 0.393 e. The van der Waals surface area contributed by atoms with Gasteiger partial charge in [0.2, 0.25) is 0 Å². The van der Waals surface area contributed by atoms with Crippen LogP contribution < -0.4 is 0 Å². The molecule has 4 aliphatic rings. The van der Waals surface area contributed by atoms with E-state index in [1.165, 1.54) is 44.9 Å². The predicted octanol–water partition coefficient (Wildman–Crippen LogP) is 7.80. The lowest BCUT2D eigenvalue weighted by Gasteiger charge is -2.58. The zero-order valence-corrected chi connectivity index (χ0v) is 20.7. The van der Waals surface area contributed by atoms with Gasteiger partial charge in [-0.25, -0.2) is 0 Å². The lowest BCUT2D eigenvalue weighted by molar-refractivity contribution is -0.0540. The van der Waals surface area contributed by atoms with Crippen LogP contribution in [0.1, 0.15) is 99.3 Å². The summed E-state index contributed by atoms with van der Waals surface area (Å²) in [7, 11) is 0. The van der Waals surface area contributed by atoms with Crippen molar-refractivity contribution in [2.75, 3.05) is 0 Å². The summed E-state index contributed by atoms with van der Waals surface area (Å²) in [5.41, 5.74) is 2.51. The third-order valence-electron chi connectivity index (χ3n) is 10.8. The molecule has 0 aromatic rings. The molecule has 1 nitrogen and oxygen atoms in total. The number of aliphatic hydroxyl groups is 1. The average molecular weight is 413 g/mol. The maximum Gasteiger partial charge on any atom is 0.0577 e. The van der Waals surface area contributed by atoms with Crippen molar-refractivity contribution in [3.8, 4) is 0 Å². The number of aliphatic hydroxyl groups excluding tert-OH is 1. The number of hydrogen-bond donors (Lipinski definition) is 1. The van der Waals surface area contributed by atoms with Crippen molar-refractivity contribution in [1.29, 1.82) is 0 Å². The normalized spacial score (nSPS) is 45.6. The molecule has 0 aromatic carbocycles. The highest BCUT2D eigenvalue weighted by Gasteiger charge is 2.58. The Kier molecular flexibility index (Phi) is 6.35. The number of rotatable bonds is 5. The van der Waals surface area contributed by atoms with E-state index in [0.29, 0.717) is 16.7 Å². The van der Waals surface area contributed by atoms with Crippen LogP contribution in [-0.4, -0.2) is 11.2 Å². The molecule has 0 bridgehead atoms. The Labute approximate surface area is 186 Å². The summed E-state index contributed by atoms with van der Waals surface area (Å²) >= 11 is 0. The van der Waals surface area contributed by atoms with Gasteiger partial charge < -0.3 is 5.11 Å². The molecule has 170 valence electrons. The molecule has 0 saturated heterocycles. The average Bonchev–Trinajstić information content (AvgIpc) is 3.06. The molecule has 0 spiro atoms. The highest BCUT2D eigenvalue weighted by Crippen LogP contribution is 2.67. The van der Waals surface area contributed by atoms with E-state index in [2.05, 4.69) is 59.8 Å². The van der Waals surface area contributed by atoms with Gasteiger partial charge in [-0.05, 0) is 110 Å². The minimum Gasteiger partial charge on any atom is -0.393 e. The molecule has 1 unspecified atom stereocenters. The lowest BCUT2D eigenvalue weighted by Crippen LogP contribution is -2.50. The second kappa shape index (κ2) is 8.42. The third-order valence-corrected chi connectivity index (χ3v) is 10.8. The van der Waals surface area contributed by atoms with E-state index in [9.17, 15) is 5.11 Å². The fourth-order valence-electron chi connectivity index (χ4n) is 8.83. The van der Waals surface area contributed by atoms with Crippen LogP contribution in [0.5, 0.6) is 0 Å². The van der Waals surface area contributed by atoms with Crippen LogP contribution in [0.15, 0.2) is 23.8 Å². The molecule has 0 amide bonds. The van der Waals surface area contributed by atoms with Crippen LogP contribution >= 0.6 is 0 Å². The van der Waals surface area contributed by atoms with E-state index < -0.39 is 0 Å². The summed E-state index contributed by atoms with van der Waals surface area (Å²) in [6.45, 7) is 14.8.